The first-order valence-electron chi connectivity index (χ1n) is 5.49. The summed E-state index contributed by atoms with van der Waals surface area (Å²) in [5.74, 6) is -7.73. The molecular formula is C12H12F5NO. The summed E-state index contributed by atoms with van der Waals surface area (Å²) in [6.07, 6.45) is -5.11. The van der Waals surface area contributed by atoms with Crippen molar-refractivity contribution in [1.82, 2.24) is 5.32 Å². The van der Waals surface area contributed by atoms with E-state index in [-0.39, 0.29) is 6.54 Å². The molecule has 0 fully saturated rings. The Labute approximate surface area is 106 Å². The van der Waals surface area contributed by atoms with Crippen molar-refractivity contribution in [2.45, 2.75) is 32.0 Å². The molecule has 0 aliphatic rings. The van der Waals surface area contributed by atoms with Crippen LogP contribution < -0.4 is 5.32 Å². The summed E-state index contributed by atoms with van der Waals surface area (Å²) in [7, 11) is 0. The molecule has 0 aliphatic heterocycles. The van der Waals surface area contributed by atoms with Crippen LogP contribution in [0.25, 0.3) is 0 Å². The Bertz CT molecular complexity index is 438. The third-order valence-electron chi connectivity index (χ3n) is 2.53. The first-order valence-corrected chi connectivity index (χ1v) is 5.49. The Balaban J connectivity index is 2.63. The quantitative estimate of drug-likeness (QED) is 0.844. The molecule has 0 unspecified atom stereocenters. The molecule has 0 saturated carbocycles. The van der Waals surface area contributed by atoms with E-state index in [4.69, 9.17) is 0 Å². The van der Waals surface area contributed by atoms with Crippen LogP contribution in [-0.4, -0.2) is 18.0 Å². The highest BCUT2D eigenvalue weighted by atomic mass is 19.4. The fourth-order valence-corrected chi connectivity index (χ4v) is 1.31. The Morgan fingerprint density at radius 3 is 1.95 bits per heavy atom. The summed E-state index contributed by atoms with van der Waals surface area (Å²) in [5, 5.41) is 1.57. The number of benzene rings is 1. The molecular weight excluding hydrogens is 269 g/mol. The molecule has 0 spiro atoms. The molecule has 0 heterocycles. The number of amides is 1. The third kappa shape index (κ3) is 3.65. The van der Waals surface area contributed by atoms with Crippen molar-refractivity contribution in [2.75, 3.05) is 0 Å². The summed E-state index contributed by atoms with van der Waals surface area (Å²) in [4.78, 5) is 10.8. The van der Waals surface area contributed by atoms with Crippen LogP contribution in [0, 0.1) is 0 Å². The van der Waals surface area contributed by atoms with Crippen molar-refractivity contribution >= 4 is 5.91 Å². The van der Waals surface area contributed by atoms with E-state index in [1.165, 1.54) is 0 Å². The second-order valence-electron chi connectivity index (χ2n) is 3.92. The summed E-state index contributed by atoms with van der Waals surface area (Å²) in [6, 6.07) is 6.54. The molecule has 1 aromatic rings. The highest BCUT2D eigenvalue weighted by molar-refractivity contribution is 5.84. The van der Waals surface area contributed by atoms with Crippen molar-refractivity contribution in [1.29, 1.82) is 0 Å². The second kappa shape index (κ2) is 5.54. The lowest BCUT2D eigenvalue weighted by Gasteiger charge is -2.18. The van der Waals surface area contributed by atoms with Gasteiger partial charge in [0.05, 0.1) is 0 Å². The van der Waals surface area contributed by atoms with Crippen molar-refractivity contribution < 1.29 is 26.7 Å². The molecule has 0 saturated heterocycles. The van der Waals surface area contributed by atoms with E-state index in [0.29, 0.717) is 5.56 Å². The summed E-state index contributed by atoms with van der Waals surface area (Å²) in [5.41, 5.74) is 1.44. The predicted molar refractivity (Wildman–Crippen MR) is 58.7 cm³/mol. The maximum absolute atomic E-state index is 12.6. The number of halogens is 5. The van der Waals surface area contributed by atoms with Crippen molar-refractivity contribution in [3.63, 3.8) is 0 Å². The van der Waals surface area contributed by atoms with E-state index in [9.17, 15) is 26.7 Å². The van der Waals surface area contributed by atoms with Gasteiger partial charge in [0.15, 0.2) is 0 Å². The number of nitrogens with one attached hydrogen (secondary N) is 1. The highest BCUT2D eigenvalue weighted by Gasteiger charge is 2.63. The number of hydrogen-bond acceptors (Lipinski definition) is 1. The van der Waals surface area contributed by atoms with E-state index in [2.05, 4.69) is 0 Å². The number of hydrogen-bond donors (Lipinski definition) is 1. The van der Waals surface area contributed by atoms with Gasteiger partial charge in [-0.1, -0.05) is 31.2 Å². The summed E-state index contributed by atoms with van der Waals surface area (Å²) < 4.78 is 60.9. The van der Waals surface area contributed by atoms with Crippen LogP contribution >= 0.6 is 0 Å². The topological polar surface area (TPSA) is 29.1 Å². The minimum Gasteiger partial charge on any atom is -0.346 e. The van der Waals surface area contributed by atoms with Crippen LogP contribution in [0.3, 0.4) is 0 Å². The van der Waals surface area contributed by atoms with Crippen molar-refractivity contribution in [2.24, 2.45) is 0 Å². The number of carbonyl (C=O) groups excluding carboxylic acids is 1. The Kier molecular flexibility index (Phi) is 4.49. The molecule has 0 radical (unpaired) electrons. The first kappa shape index (κ1) is 15.4. The van der Waals surface area contributed by atoms with Gasteiger partial charge < -0.3 is 5.32 Å². The molecule has 7 heteroatoms. The molecule has 1 amide bonds. The zero-order chi connectivity index (χ0) is 14.7. The van der Waals surface area contributed by atoms with E-state index < -0.39 is 18.0 Å². The minimum atomic E-state index is -5.89. The highest BCUT2D eigenvalue weighted by Crippen LogP contribution is 2.35. The second-order valence-corrected chi connectivity index (χ2v) is 3.92. The molecule has 19 heavy (non-hydrogen) atoms. The van der Waals surface area contributed by atoms with E-state index in [1.54, 1.807) is 29.6 Å². The van der Waals surface area contributed by atoms with Crippen LogP contribution in [0.1, 0.15) is 18.1 Å². The van der Waals surface area contributed by atoms with E-state index in [1.807, 2.05) is 6.92 Å². The number of carbonyl (C=O) groups is 1. The fraction of sp³-hybridized carbons (Fsp3) is 0.417. The Hall–Kier alpha value is -1.66. The van der Waals surface area contributed by atoms with Gasteiger partial charge in [-0.15, -0.1) is 0 Å². The van der Waals surface area contributed by atoms with E-state index in [0.717, 1.165) is 12.0 Å². The molecule has 1 aromatic carbocycles. The Morgan fingerprint density at radius 2 is 1.53 bits per heavy atom. The van der Waals surface area contributed by atoms with Gasteiger partial charge in [-0.2, -0.15) is 22.0 Å². The maximum Gasteiger partial charge on any atom is 0.463 e. The van der Waals surface area contributed by atoms with Gasteiger partial charge >= 0.3 is 18.0 Å². The minimum absolute atomic E-state index is 0.380. The van der Waals surface area contributed by atoms with Gasteiger partial charge in [0.1, 0.15) is 0 Å². The molecule has 1 rings (SSSR count). The van der Waals surface area contributed by atoms with Crippen LogP contribution in [0.5, 0.6) is 0 Å². The van der Waals surface area contributed by atoms with Gasteiger partial charge in [-0.05, 0) is 17.5 Å². The van der Waals surface area contributed by atoms with Crippen LogP contribution in [-0.2, 0) is 17.8 Å². The van der Waals surface area contributed by atoms with Crippen LogP contribution in [0.2, 0.25) is 0 Å². The van der Waals surface area contributed by atoms with Crippen molar-refractivity contribution in [3.8, 4) is 0 Å². The molecule has 1 N–H and O–H groups in total. The largest absolute Gasteiger partial charge is 0.463 e. The van der Waals surface area contributed by atoms with Gasteiger partial charge in [0, 0.05) is 6.54 Å². The standard InChI is InChI=1S/C12H12F5NO/c1-2-8-3-5-9(6-4-8)7-18-10(19)11(13,14)12(15,16)17/h3-6H,2,7H2,1H3,(H,18,19). The van der Waals surface area contributed by atoms with Gasteiger partial charge in [0.25, 0.3) is 0 Å². The summed E-state index contributed by atoms with van der Waals surface area (Å²) >= 11 is 0. The average Bonchev–Trinajstić information content (AvgIpc) is 2.35. The lowest BCUT2D eigenvalue weighted by Crippen LogP contribution is -2.50. The lowest BCUT2D eigenvalue weighted by molar-refractivity contribution is -0.269. The normalized spacial score (nSPS) is 12.3. The predicted octanol–water partition coefficient (Wildman–Crippen LogP) is 3.06. The van der Waals surface area contributed by atoms with Crippen molar-refractivity contribution in [3.05, 3.63) is 35.4 Å². The van der Waals surface area contributed by atoms with Crippen LogP contribution in [0.15, 0.2) is 24.3 Å². The third-order valence-corrected chi connectivity index (χ3v) is 2.53. The Morgan fingerprint density at radius 1 is 1.05 bits per heavy atom. The zero-order valence-corrected chi connectivity index (χ0v) is 10.0. The molecule has 0 aliphatic carbocycles. The first-order chi connectivity index (χ1) is 8.68. The molecule has 0 bridgehead atoms. The maximum atomic E-state index is 12.6. The van der Waals surface area contributed by atoms with Gasteiger partial charge in [-0.3, -0.25) is 4.79 Å². The number of alkyl halides is 5. The SMILES string of the molecule is CCc1ccc(CNC(=O)C(F)(F)C(F)(F)F)cc1. The summed E-state index contributed by atoms with van der Waals surface area (Å²) in [6.45, 7) is 1.54. The number of aryl methyl sites for hydroxylation is 1. The monoisotopic (exact) mass is 281 g/mol. The smallest absolute Gasteiger partial charge is 0.346 e. The molecule has 106 valence electrons. The van der Waals surface area contributed by atoms with E-state index >= 15 is 0 Å². The molecule has 0 atom stereocenters. The lowest BCUT2D eigenvalue weighted by atomic mass is 10.1. The number of rotatable bonds is 4. The van der Waals surface area contributed by atoms with Gasteiger partial charge in [-0.25, -0.2) is 0 Å². The zero-order valence-electron chi connectivity index (χ0n) is 10.0. The van der Waals surface area contributed by atoms with Gasteiger partial charge in [0.2, 0.25) is 0 Å². The molecule has 2 nitrogen and oxygen atoms in total. The fourth-order valence-electron chi connectivity index (χ4n) is 1.31. The molecule has 0 aromatic heterocycles. The van der Waals surface area contributed by atoms with Crippen LogP contribution in [0.4, 0.5) is 22.0 Å². The average molecular weight is 281 g/mol.